The fourth-order valence-corrected chi connectivity index (χ4v) is 1.54. The molecule has 0 saturated heterocycles. The minimum Gasteiger partial charge on any atom is -0.308 e. The molecule has 6 heteroatoms. The highest BCUT2D eigenvalue weighted by molar-refractivity contribution is 6.00. The molecule has 5 nitrogen and oxygen atoms in total. The zero-order chi connectivity index (χ0) is 13.1. The van der Waals surface area contributed by atoms with Gasteiger partial charge in [0.25, 0.3) is 0 Å². The van der Waals surface area contributed by atoms with Crippen molar-refractivity contribution < 1.29 is 9.18 Å². The van der Waals surface area contributed by atoms with E-state index in [9.17, 15) is 9.18 Å². The Labute approximate surface area is 103 Å². The fourth-order valence-electron chi connectivity index (χ4n) is 1.54. The molecule has 0 aliphatic carbocycles. The van der Waals surface area contributed by atoms with Gasteiger partial charge in [0.15, 0.2) is 0 Å². The standard InChI is InChI=1S/C12H13FN4O/c1-7-11(8(2)17-16-7)15-12(18)14-10-5-3-9(13)4-6-10/h3-6H,1-2H3,(H,16,17)(H2,14,15,18). The van der Waals surface area contributed by atoms with Crippen molar-refractivity contribution in [1.29, 1.82) is 0 Å². The van der Waals surface area contributed by atoms with Crippen LogP contribution in [0, 0.1) is 19.7 Å². The number of carbonyl (C=O) groups excluding carboxylic acids is 1. The maximum atomic E-state index is 12.7. The first-order chi connectivity index (χ1) is 8.56. The molecule has 2 aromatic rings. The summed E-state index contributed by atoms with van der Waals surface area (Å²) in [6.07, 6.45) is 0. The molecule has 1 aromatic heterocycles. The van der Waals surface area contributed by atoms with Crippen LogP contribution in [0.4, 0.5) is 20.6 Å². The van der Waals surface area contributed by atoms with Crippen LogP contribution in [0.15, 0.2) is 24.3 Å². The summed E-state index contributed by atoms with van der Waals surface area (Å²) in [5, 5.41) is 12.0. The van der Waals surface area contributed by atoms with Gasteiger partial charge >= 0.3 is 6.03 Å². The van der Waals surface area contributed by atoms with Gasteiger partial charge in [0.1, 0.15) is 5.82 Å². The van der Waals surface area contributed by atoms with Crippen molar-refractivity contribution in [2.75, 3.05) is 10.6 Å². The van der Waals surface area contributed by atoms with Crippen LogP contribution in [-0.4, -0.2) is 16.2 Å². The van der Waals surface area contributed by atoms with E-state index in [4.69, 9.17) is 0 Å². The molecule has 94 valence electrons. The molecular formula is C12H13FN4O. The van der Waals surface area contributed by atoms with Gasteiger partial charge in [-0.3, -0.25) is 5.10 Å². The van der Waals surface area contributed by atoms with E-state index in [1.165, 1.54) is 24.3 Å². The average molecular weight is 248 g/mol. The van der Waals surface area contributed by atoms with Gasteiger partial charge < -0.3 is 10.6 Å². The number of aryl methyl sites for hydroxylation is 2. The molecule has 1 heterocycles. The molecule has 2 amide bonds. The molecule has 3 N–H and O–H groups in total. The molecule has 0 fully saturated rings. The van der Waals surface area contributed by atoms with Gasteiger partial charge in [-0.05, 0) is 38.1 Å². The first-order valence-electron chi connectivity index (χ1n) is 5.41. The van der Waals surface area contributed by atoms with Crippen LogP contribution in [-0.2, 0) is 0 Å². The summed E-state index contributed by atoms with van der Waals surface area (Å²) in [5.41, 5.74) is 2.66. The maximum absolute atomic E-state index is 12.7. The van der Waals surface area contributed by atoms with Crippen molar-refractivity contribution >= 4 is 17.4 Å². The van der Waals surface area contributed by atoms with Gasteiger partial charge in [0, 0.05) is 5.69 Å². The number of aromatic amines is 1. The zero-order valence-electron chi connectivity index (χ0n) is 10.0. The van der Waals surface area contributed by atoms with Gasteiger partial charge in [-0.1, -0.05) is 0 Å². The van der Waals surface area contributed by atoms with E-state index in [0.29, 0.717) is 17.1 Å². The van der Waals surface area contributed by atoms with E-state index in [1.807, 2.05) is 6.92 Å². The third kappa shape index (κ3) is 2.65. The van der Waals surface area contributed by atoms with Crippen LogP contribution >= 0.6 is 0 Å². The zero-order valence-corrected chi connectivity index (χ0v) is 10.0. The summed E-state index contributed by atoms with van der Waals surface area (Å²) in [7, 11) is 0. The predicted molar refractivity (Wildman–Crippen MR) is 67.1 cm³/mol. The topological polar surface area (TPSA) is 69.8 Å². The van der Waals surface area contributed by atoms with Crippen LogP contribution in [0.1, 0.15) is 11.4 Å². The number of halogens is 1. The third-order valence-electron chi connectivity index (χ3n) is 2.47. The van der Waals surface area contributed by atoms with Crippen molar-refractivity contribution in [3.05, 3.63) is 41.5 Å². The Morgan fingerprint density at radius 2 is 1.89 bits per heavy atom. The Morgan fingerprint density at radius 3 is 2.44 bits per heavy atom. The normalized spacial score (nSPS) is 10.2. The number of carbonyl (C=O) groups is 1. The third-order valence-corrected chi connectivity index (χ3v) is 2.47. The number of hydrogen-bond acceptors (Lipinski definition) is 2. The number of hydrogen-bond donors (Lipinski definition) is 3. The number of H-pyrrole nitrogens is 1. The molecule has 18 heavy (non-hydrogen) atoms. The number of amides is 2. The lowest BCUT2D eigenvalue weighted by Gasteiger charge is -2.07. The van der Waals surface area contributed by atoms with Crippen LogP contribution in [0.2, 0.25) is 0 Å². The highest BCUT2D eigenvalue weighted by atomic mass is 19.1. The Balaban J connectivity index is 2.03. The highest BCUT2D eigenvalue weighted by Gasteiger charge is 2.09. The van der Waals surface area contributed by atoms with Crippen LogP contribution < -0.4 is 10.6 Å². The average Bonchev–Trinajstić information content (AvgIpc) is 2.64. The summed E-state index contributed by atoms with van der Waals surface area (Å²) in [5.74, 6) is -0.345. The molecule has 0 aliphatic rings. The monoisotopic (exact) mass is 248 g/mol. The molecule has 0 aliphatic heterocycles. The molecule has 2 rings (SSSR count). The molecule has 0 atom stereocenters. The second-order valence-corrected chi connectivity index (χ2v) is 3.90. The fraction of sp³-hybridized carbons (Fsp3) is 0.167. The number of rotatable bonds is 2. The van der Waals surface area contributed by atoms with E-state index in [1.54, 1.807) is 6.92 Å². The number of benzene rings is 1. The van der Waals surface area contributed by atoms with Crippen molar-refractivity contribution in [2.24, 2.45) is 0 Å². The number of anilines is 2. The van der Waals surface area contributed by atoms with E-state index < -0.39 is 6.03 Å². The Morgan fingerprint density at radius 1 is 1.22 bits per heavy atom. The minimum atomic E-state index is -0.394. The lowest BCUT2D eigenvalue weighted by atomic mass is 10.3. The quantitative estimate of drug-likeness (QED) is 0.764. The SMILES string of the molecule is Cc1n[nH]c(C)c1NC(=O)Nc1ccc(F)cc1. The molecule has 0 saturated carbocycles. The van der Waals surface area contributed by atoms with Gasteiger partial charge in [-0.25, -0.2) is 9.18 Å². The number of nitrogens with one attached hydrogen (secondary N) is 3. The molecule has 0 radical (unpaired) electrons. The summed E-state index contributed by atoms with van der Waals surface area (Å²) in [6, 6.07) is 5.15. The predicted octanol–water partition coefficient (Wildman–Crippen LogP) is 2.81. The van der Waals surface area contributed by atoms with E-state index >= 15 is 0 Å². The molecule has 0 spiro atoms. The van der Waals surface area contributed by atoms with Crippen LogP contribution in [0.5, 0.6) is 0 Å². The number of nitrogens with zero attached hydrogens (tertiary/aromatic N) is 1. The summed E-state index contributed by atoms with van der Waals surface area (Å²) in [4.78, 5) is 11.7. The van der Waals surface area contributed by atoms with Gasteiger partial charge in [0.2, 0.25) is 0 Å². The van der Waals surface area contributed by atoms with Crippen molar-refractivity contribution in [3.63, 3.8) is 0 Å². The maximum Gasteiger partial charge on any atom is 0.323 e. The smallest absolute Gasteiger partial charge is 0.308 e. The number of urea groups is 1. The molecule has 1 aromatic carbocycles. The minimum absolute atomic E-state index is 0.345. The van der Waals surface area contributed by atoms with Crippen molar-refractivity contribution in [2.45, 2.75) is 13.8 Å². The molecule has 0 bridgehead atoms. The summed E-state index contributed by atoms with van der Waals surface area (Å²) < 4.78 is 12.7. The first kappa shape index (κ1) is 12.1. The lowest BCUT2D eigenvalue weighted by Crippen LogP contribution is -2.20. The van der Waals surface area contributed by atoms with Crippen LogP contribution in [0.3, 0.4) is 0 Å². The summed E-state index contributed by atoms with van der Waals surface area (Å²) >= 11 is 0. The molecule has 0 unspecified atom stereocenters. The van der Waals surface area contributed by atoms with E-state index in [2.05, 4.69) is 20.8 Å². The first-order valence-corrected chi connectivity index (χ1v) is 5.41. The second-order valence-electron chi connectivity index (χ2n) is 3.90. The van der Waals surface area contributed by atoms with E-state index in [0.717, 1.165) is 5.69 Å². The van der Waals surface area contributed by atoms with Gasteiger partial charge in [-0.2, -0.15) is 5.10 Å². The highest BCUT2D eigenvalue weighted by Crippen LogP contribution is 2.16. The second kappa shape index (κ2) is 4.87. The lowest BCUT2D eigenvalue weighted by molar-refractivity contribution is 0.262. The van der Waals surface area contributed by atoms with Gasteiger partial charge in [-0.15, -0.1) is 0 Å². The Bertz CT molecular complexity index is 542. The van der Waals surface area contributed by atoms with Crippen LogP contribution in [0.25, 0.3) is 0 Å². The Kier molecular flexibility index (Phi) is 3.27. The Hall–Kier alpha value is -2.37. The summed E-state index contributed by atoms with van der Waals surface area (Å²) in [6.45, 7) is 3.60. The van der Waals surface area contributed by atoms with Crippen molar-refractivity contribution in [1.82, 2.24) is 10.2 Å². The number of aromatic nitrogens is 2. The largest absolute Gasteiger partial charge is 0.323 e. The van der Waals surface area contributed by atoms with E-state index in [-0.39, 0.29) is 5.82 Å². The molecular weight excluding hydrogens is 235 g/mol. The van der Waals surface area contributed by atoms with Crippen molar-refractivity contribution in [3.8, 4) is 0 Å². The van der Waals surface area contributed by atoms with Gasteiger partial charge in [0.05, 0.1) is 17.1 Å².